The van der Waals surface area contributed by atoms with Gasteiger partial charge in [-0.05, 0) is 296 Å². The fraction of sp³-hybridized carbons (Fsp3) is 0.311. The SMILES string of the molecule is CC1(C)OB(c2ccc3c(c2)-c2ccccc2C3)OC1(C)C.CCCCCCCCCCCCc1ccc(-c2ccc(N(c3ccc(-c4ccc5c(c4)-c4ccccc4C5)cc3)c3ccc4c(c3)C(C)(C)c3ccccc3-4)cc2)cc1.CCCCCCCCCCCCc1ccc(-c2ccc(N(c3ccc(Br)cc3)c3ccc4c(c3)C(C)(C)c3ccccc3-4)cc2)cc1. The van der Waals surface area contributed by atoms with Crippen molar-refractivity contribution >= 4 is 62.6 Å². The quantitative estimate of drug-likeness (QED) is 0.0310. The van der Waals surface area contributed by atoms with Gasteiger partial charge in [-0.2, -0.15) is 0 Å². The van der Waals surface area contributed by atoms with E-state index in [1.165, 1.54) is 286 Å². The van der Waals surface area contributed by atoms with E-state index in [0.717, 1.165) is 45.5 Å². The van der Waals surface area contributed by atoms with E-state index >= 15 is 0 Å². The van der Waals surface area contributed by atoms with Crippen LogP contribution in [0.4, 0.5) is 34.1 Å². The summed E-state index contributed by atoms with van der Waals surface area (Å²) in [5.74, 6) is 0. The molecule has 0 saturated carbocycles. The average molecular weight is 1750 g/mol. The number of fused-ring (bicyclic) bond motifs is 12. The zero-order chi connectivity index (χ0) is 88.4. The molecule has 4 nitrogen and oxygen atoms in total. The number of unbranched alkanes of at least 4 members (excludes halogenated alkanes) is 18. The molecule has 0 unspecified atom stereocenters. The zero-order valence-corrected chi connectivity index (χ0v) is 79.2. The number of halogens is 1. The number of hydrogen-bond donors (Lipinski definition) is 0. The second-order valence-corrected chi connectivity index (χ2v) is 39.8. The summed E-state index contributed by atoms with van der Waals surface area (Å²) in [5.41, 5.74) is 39.8. The molecule has 4 aliphatic carbocycles. The standard InChI is InChI=1S/C58H59N.C45H50BrN.C19H21BO2/c1-4-5-6-7-8-9-10-11-12-13-18-42-23-25-43(26-24-42)44-29-33-49(34-30-44)59(51-37-38-54-53-21-16-17-22-56(53)58(2,3)57(54)41-51)50-35-31-45(32-36-50)46-27-28-48-39-47-19-14-15-20-52(47)55(48)40-46;1-4-5-6-7-8-9-10-11-12-13-16-34-19-21-35(22-20-34)36-23-27-38(28-24-36)47(39-29-25-37(46)26-30-39)40-31-32-42-41-17-14-15-18-43(41)45(2,3)44(42)33-40;1-18(2)19(3,4)22-20(21-18)15-10-9-14-11-13-7-5-6-8-16(13)17(14)12-15/h14-17,19-38,40-41H,4-13,18,39H2,1-3H3;14-15,17-33H,4-13,16H2,1-3H3;5-10,12H,11H2,1-4H3. The normalized spacial score (nSPS) is 14.4. The molecule has 0 spiro atoms. The van der Waals surface area contributed by atoms with Crippen molar-refractivity contribution in [3.05, 3.63) is 376 Å². The lowest BCUT2D eigenvalue weighted by Crippen LogP contribution is -2.41. The van der Waals surface area contributed by atoms with Crippen LogP contribution in [0.1, 0.15) is 253 Å². The van der Waals surface area contributed by atoms with Gasteiger partial charge in [0.1, 0.15) is 0 Å². The van der Waals surface area contributed by atoms with Crippen molar-refractivity contribution in [3.8, 4) is 77.9 Å². The molecule has 14 aromatic carbocycles. The minimum Gasteiger partial charge on any atom is -0.399 e. The van der Waals surface area contributed by atoms with Crippen molar-refractivity contribution in [1.82, 2.24) is 0 Å². The minimum absolute atomic E-state index is 0.0447. The monoisotopic (exact) mass is 1740 g/mol. The number of aryl methyl sites for hydroxylation is 2. The van der Waals surface area contributed by atoms with Crippen molar-refractivity contribution in [2.24, 2.45) is 0 Å². The van der Waals surface area contributed by atoms with Crippen molar-refractivity contribution < 1.29 is 9.31 Å². The van der Waals surface area contributed by atoms with Crippen LogP contribution in [-0.2, 0) is 45.8 Å². The number of anilines is 6. The summed E-state index contributed by atoms with van der Waals surface area (Å²) in [5, 5.41) is 0. The highest BCUT2D eigenvalue weighted by molar-refractivity contribution is 9.10. The lowest BCUT2D eigenvalue weighted by atomic mass is 9.77. The molecule has 128 heavy (non-hydrogen) atoms. The Balaban J connectivity index is 0.000000148. The molecule has 1 saturated heterocycles. The Bertz CT molecular complexity index is 6100. The smallest absolute Gasteiger partial charge is 0.399 e. The fourth-order valence-electron chi connectivity index (χ4n) is 20.5. The predicted molar refractivity (Wildman–Crippen MR) is 551 cm³/mol. The Kier molecular flexibility index (Phi) is 27.9. The van der Waals surface area contributed by atoms with Crippen molar-refractivity contribution in [1.29, 1.82) is 0 Å². The predicted octanol–water partition coefficient (Wildman–Crippen LogP) is 34.7. The molecular formula is C122H130BBrN2O2. The Labute approximate surface area is 775 Å². The van der Waals surface area contributed by atoms with E-state index in [0.29, 0.717) is 0 Å². The third kappa shape index (κ3) is 19.7. The van der Waals surface area contributed by atoms with Gasteiger partial charge in [-0.1, -0.05) is 398 Å². The molecule has 0 atom stereocenters. The van der Waals surface area contributed by atoms with Crippen molar-refractivity contribution in [2.75, 3.05) is 9.80 Å². The summed E-state index contributed by atoms with van der Waals surface area (Å²) < 4.78 is 13.4. The highest BCUT2D eigenvalue weighted by Gasteiger charge is 2.52. The Morgan fingerprint density at radius 2 is 0.555 bits per heavy atom. The Morgan fingerprint density at radius 3 is 0.953 bits per heavy atom. The van der Waals surface area contributed by atoms with Gasteiger partial charge in [-0.3, -0.25) is 0 Å². The van der Waals surface area contributed by atoms with Gasteiger partial charge < -0.3 is 19.1 Å². The Morgan fingerprint density at radius 1 is 0.258 bits per heavy atom. The Hall–Kier alpha value is -10.9. The molecule has 6 heteroatoms. The van der Waals surface area contributed by atoms with E-state index in [4.69, 9.17) is 9.31 Å². The highest BCUT2D eigenvalue weighted by Crippen LogP contribution is 2.54. The van der Waals surface area contributed by atoms with E-state index in [-0.39, 0.29) is 29.2 Å². The summed E-state index contributed by atoms with van der Waals surface area (Å²) in [6.07, 6.45) is 32.0. The zero-order valence-electron chi connectivity index (χ0n) is 77.7. The molecule has 0 bridgehead atoms. The second-order valence-electron chi connectivity index (χ2n) is 38.9. The van der Waals surface area contributed by atoms with Gasteiger partial charge in [-0.25, -0.2) is 0 Å². The molecule has 1 heterocycles. The first-order valence-electron chi connectivity index (χ1n) is 48.4. The van der Waals surface area contributed by atoms with Crippen LogP contribution < -0.4 is 15.3 Å². The third-order valence-corrected chi connectivity index (χ3v) is 29.3. The number of benzene rings is 14. The summed E-state index contributed by atoms with van der Waals surface area (Å²) in [4.78, 5) is 4.81. The molecule has 5 aliphatic rings. The van der Waals surface area contributed by atoms with Gasteiger partial charge >= 0.3 is 7.12 Å². The number of nitrogens with zero attached hydrogens (tertiary/aromatic N) is 2. The summed E-state index contributed by atoms with van der Waals surface area (Å²) in [6, 6.07) is 118. The van der Waals surface area contributed by atoms with Crippen LogP contribution >= 0.6 is 15.9 Å². The van der Waals surface area contributed by atoms with Crippen LogP contribution in [0.3, 0.4) is 0 Å². The summed E-state index contributed by atoms with van der Waals surface area (Å²) in [7, 11) is -0.289. The largest absolute Gasteiger partial charge is 0.494 e. The van der Waals surface area contributed by atoms with Gasteiger partial charge in [0, 0.05) is 49.4 Å². The van der Waals surface area contributed by atoms with Crippen LogP contribution in [0.2, 0.25) is 0 Å². The van der Waals surface area contributed by atoms with E-state index in [9.17, 15) is 0 Å². The molecule has 0 aromatic heterocycles. The van der Waals surface area contributed by atoms with Crippen LogP contribution in [0.15, 0.2) is 320 Å². The van der Waals surface area contributed by atoms with Crippen LogP contribution in [0, 0.1) is 0 Å². The molecular weight excluding hydrogens is 1620 g/mol. The lowest BCUT2D eigenvalue weighted by molar-refractivity contribution is 0.00578. The molecule has 1 aliphatic heterocycles. The second kappa shape index (κ2) is 40.0. The molecule has 0 amide bonds. The fourth-order valence-corrected chi connectivity index (χ4v) is 20.8. The van der Waals surface area contributed by atoms with Gasteiger partial charge in [-0.15, -0.1) is 0 Å². The molecule has 0 radical (unpaired) electrons. The number of hydrogen-bond acceptors (Lipinski definition) is 4. The van der Waals surface area contributed by atoms with Gasteiger partial charge in [0.25, 0.3) is 0 Å². The van der Waals surface area contributed by atoms with E-state index in [1.807, 2.05) is 0 Å². The first kappa shape index (κ1) is 89.1. The molecule has 1 fully saturated rings. The third-order valence-electron chi connectivity index (χ3n) is 28.8. The van der Waals surface area contributed by atoms with Gasteiger partial charge in [0.2, 0.25) is 0 Å². The van der Waals surface area contributed by atoms with Crippen LogP contribution in [0.25, 0.3) is 77.9 Å². The topological polar surface area (TPSA) is 24.9 Å². The van der Waals surface area contributed by atoms with Crippen molar-refractivity contribution in [3.63, 3.8) is 0 Å². The van der Waals surface area contributed by atoms with E-state index in [2.05, 4.69) is 410 Å². The minimum atomic E-state index is -0.297. The maximum atomic E-state index is 6.18. The molecule has 0 N–H and O–H groups in total. The van der Waals surface area contributed by atoms with E-state index in [1.54, 1.807) is 0 Å². The van der Waals surface area contributed by atoms with Gasteiger partial charge in [0.05, 0.1) is 11.2 Å². The first-order valence-corrected chi connectivity index (χ1v) is 49.2. The average Bonchev–Trinajstić information content (AvgIpc) is 1.58. The highest BCUT2D eigenvalue weighted by atomic mass is 79.9. The van der Waals surface area contributed by atoms with E-state index < -0.39 is 0 Å². The number of rotatable bonds is 32. The lowest BCUT2D eigenvalue weighted by Gasteiger charge is -2.32. The molecule has 19 rings (SSSR count). The van der Waals surface area contributed by atoms with Crippen LogP contribution in [-0.4, -0.2) is 18.3 Å². The van der Waals surface area contributed by atoms with Gasteiger partial charge in [0.15, 0.2) is 0 Å². The first-order chi connectivity index (χ1) is 62.3. The maximum absolute atomic E-state index is 6.18. The molecule has 14 aromatic rings. The summed E-state index contributed by atoms with van der Waals surface area (Å²) in [6.45, 7) is 22.4. The molecule has 650 valence electrons. The maximum Gasteiger partial charge on any atom is 0.494 e. The van der Waals surface area contributed by atoms with Crippen molar-refractivity contribution in [2.45, 2.75) is 245 Å². The summed E-state index contributed by atoms with van der Waals surface area (Å²) >= 11 is 3.64. The van der Waals surface area contributed by atoms with Crippen LogP contribution in [0.5, 0.6) is 0 Å².